The van der Waals surface area contributed by atoms with Gasteiger partial charge < -0.3 is 0 Å². The highest BCUT2D eigenvalue weighted by atomic mass is 15.3. The molecule has 0 N–H and O–H groups in total. The van der Waals surface area contributed by atoms with E-state index in [2.05, 4.69) is 46.6 Å². The van der Waals surface area contributed by atoms with E-state index in [4.69, 9.17) is 0 Å². The van der Waals surface area contributed by atoms with Gasteiger partial charge in [0.05, 0.1) is 6.20 Å². The van der Waals surface area contributed by atoms with Crippen molar-refractivity contribution >= 4 is 0 Å². The van der Waals surface area contributed by atoms with Crippen molar-refractivity contribution in [2.75, 3.05) is 0 Å². The van der Waals surface area contributed by atoms with Crippen LogP contribution in [-0.4, -0.2) is 9.78 Å². The third-order valence-corrected chi connectivity index (χ3v) is 2.46. The van der Waals surface area contributed by atoms with Crippen molar-refractivity contribution in [3.63, 3.8) is 0 Å². The SMILES string of the molecule is Cn1ncc(C(C)(C)C)c1C(C)(C)C. The van der Waals surface area contributed by atoms with E-state index < -0.39 is 0 Å². The standard InChI is InChI=1S/C12H22N2/c1-11(2,3)9-8-13-14(7)10(9)12(4,5)6/h8H,1-7H3. The summed E-state index contributed by atoms with van der Waals surface area (Å²) in [5, 5.41) is 4.37. The molecule has 0 amide bonds. The maximum Gasteiger partial charge on any atom is 0.0530 e. The molecular weight excluding hydrogens is 172 g/mol. The van der Waals surface area contributed by atoms with Crippen molar-refractivity contribution in [3.8, 4) is 0 Å². The number of nitrogens with zero attached hydrogens (tertiary/aromatic N) is 2. The van der Waals surface area contributed by atoms with Crippen molar-refractivity contribution in [3.05, 3.63) is 17.5 Å². The molecule has 0 saturated heterocycles. The summed E-state index contributed by atoms with van der Waals surface area (Å²) in [6, 6.07) is 0. The Hall–Kier alpha value is -0.790. The molecule has 0 aromatic carbocycles. The van der Waals surface area contributed by atoms with Gasteiger partial charge in [0.25, 0.3) is 0 Å². The zero-order valence-electron chi connectivity index (χ0n) is 10.5. The quantitative estimate of drug-likeness (QED) is 0.621. The van der Waals surface area contributed by atoms with E-state index in [1.54, 1.807) is 0 Å². The van der Waals surface area contributed by atoms with Gasteiger partial charge in [-0.3, -0.25) is 4.68 Å². The molecule has 0 aliphatic rings. The van der Waals surface area contributed by atoms with Crippen LogP contribution in [0.1, 0.15) is 52.8 Å². The number of hydrogen-bond acceptors (Lipinski definition) is 1. The van der Waals surface area contributed by atoms with Gasteiger partial charge in [-0.05, 0) is 11.0 Å². The lowest BCUT2D eigenvalue weighted by Crippen LogP contribution is -2.23. The average molecular weight is 194 g/mol. The lowest BCUT2D eigenvalue weighted by atomic mass is 9.79. The van der Waals surface area contributed by atoms with Crippen LogP contribution in [0.5, 0.6) is 0 Å². The molecule has 0 unspecified atom stereocenters. The summed E-state index contributed by atoms with van der Waals surface area (Å²) >= 11 is 0. The van der Waals surface area contributed by atoms with E-state index in [-0.39, 0.29) is 10.8 Å². The molecule has 1 aromatic rings. The van der Waals surface area contributed by atoms with Crippen LogP contribution in [0.3, 0.4) is 0 Å². The fourth-order valence-corrected chi connectivity index (χ4v) is 1.88. The second-order valence-electron chi connectivity index (χ2n) is 6.03. The smallest absolute Gasteiger partial charge is 0.0530 e. The van der Waals surface area contributed by atoms with Gasteiger partial charge in [-0.1, -0.05) is 41.5 Å². The predicted octanol–water partition coefficient (Wildman–Crippen LogP) is 3.02. The molecule has 0 radical (unpaired) electrons. The lowest BCUT2D eigenvalue weighted by Gasteiger charge is -2.26. The normalized spacial score (nSPS) is 13.4. The molecule has 14 heavy (non-hydrogen) atoms. The van der Waals surface area contributed by atoms with Crippen LogP contribution in [0.25, 0.3) is 0 Å². The molecule has 0 aliphatic heterocycles. The van der Waals surface area contributed by atoms with Gasteiger partial charge in [0.2, 0.25) is 0 Å². The van der Waals surface area contributed by atoms with Gasteiger partial charge in [-0.2, -0.15) is 5.10 Å². The van der Waals surface area contributed by atoms with E-state index in [0.29, 0.717) is 0 Å². The molecule has 0 atom stereocenters. The summed E-state index contributed by atoms with van der Waals surface area (Å²) in [6.45, 7) is 13.4. The van der Waals surface area contributed by atoms with Gasteiger partial charge in [0.1, 0.15) is 0 Å². The minimum atomic E-state index is 0.161. The van der Waals surface area contributed by atoms with Crippen LogP contribution in [0.4, 0.5) is 0 Å². The van der Waals surface area contributed by atoms with Crippen molar-refractivity contribution < 1.29 is 0 Å². The van der Waals surface area contributed by atoms with Gasteiger partial charge in [-0.25, -0.2) is 0 Å². The Morgan fingerprint density at radius 2 is 1.50 bits per heavy atom. The van der Waals surface area contributed by atoms with Crippen LogP contribution in [-0.2, 0) is 17.9 Å². The molecule has 80 valence electrons. The molecule has 0 aliphatic carbocycles. The zero-order chi connectivity index (χ0) is 11.1. The Morgan fingerprint density at radius 1 is 1.00 bits per heavy atom. The summed E-state index contributed by atoms with van der Waals surface area (Å²) in [5.41, 5.74) is 3.03. The van der Waals surface area contributed by atoms with Crippen molar-refractivity contribution in [1.29, 1.82) is 0 Å². The molecule has 1 heterocycles. The third kappa shape index (κ3) is 1.99. The first kappa shape index (κ1) is 11.3. The van der Waals surface area contributed by atoms with Crippen LogP contribution >= 0.6 is 0 Å². The molecule has 2 nitrogen and oxygen atoms in total. The van der Waals surface area contributed by atoms with E-state index >= 15 is 0 Å². The minimum absolute atomic E-state index is 0.161. The fraction of sp³-hybridized carbons (Fsp3) is 0.750. The Morgan fingerprint density at radius 3 is 1.79 bits per heavy atom. The largest absolute Gasteiger partial charge is 0.272 e. The summed E-state index contributed by atoms with van der Waals surface area (Å²) in [4.78, 5) is 0. The molecule has 2 heteroatoms. The molecule has 0 fully saturated rings. The average Bonchev–Trinajstić information content (AvgIpc) is 2.27. The number of hydrogen-bond donors (Lipinski definition) is 0. The minimum Gasteiger partial charge on any atom is -0.272 e. The predicted molar refractivity (Wildman–Crippen MR) is 60.6 cm³/mol. The maximum atomic E-state index is 4.37. The first-order valence-corrected chi connectivity index (χ1v) is 5.17. The summed E-state index contributed by atoms with van der Waals surface area (Å²) < 4.78 is 2.00. The van der Waals surface area contributed by atoms with E-state index in [0.717, 1.165) is 0 Å². The second-order valence-corrected chi connectivity index (χ2v) is 6.03. The maximum absolute atomic E-state index is 4.37. The summed E-state index contributed by atoms with van der Waals surface area (Å²) in [7, 11) is 2.02. The van der Waals surface area contributed by atoms with Crippen molar-refractivity contribution in [1.82, 2.24) is 9.78 Å². The van der Waals surface area contributed by atoms with Crippen LogP contribution in [0.15, 0.2) is 6.20 Å². The summed E-state index contributed by atoms with van der Waals surface area (Å²) in [6.07, 6.45) is 2.00. The molecular formula is C12H22N2. The number of aryl methyl sites for hydroxylation is 1. The topological polar surface area (TPSA) is 17.8 Å². The second kappa shape index (κ2) is 3.11. The third-order valence-electron chi connectivity index (χ3n) is 2.46. The van der Waals surface area contributed by atoms with Crippen molar-refractivity contribution in [2.45, 2.75) is 52.4 Å². The highest BCUT2D eigenvalue weighted by Crippen LogP contribution is 2.32. The van der Waals surface area contributed by atoms with Gasteiger partial charge in [0.15, 0.2) is 0 Å². The van der Waals surface area contributed by atoms with E-state index in [9.17, 15) is 0 Å². The van der Waals surface area contributed by atoms with Crippen LogP contribution in [0.2, 0.25) is 0 Å². The Bertz CT molecular complexity index is 321. The Kier molecular flexibility index (Phi) is 2.51. The number of rotatable bonds is 0. The van der Waals surface area contributed by atoms with Crippen LogP contribution in [0, 0.1) is 0 Å². The zero-order valence-corrected chi connectivity index (χ0v) is 10.5. The van der Waals surface area contributed by atoms with Crippen LogP contribution < -0.4 is 0 Å². The van der Waals surface area contributed by atoms with Gasteiger partial charge >= 0.3 is 0 Å². The Labute approximate surface area is 87.3 Å². The van der Waals surface area contributed by atoms with Gasteiger partial charge in [0, 0.05) is 18.2 Å². The lowest BCUT2D eigenvalue weighted by molar-refractivity contribution is 0.492. The highest BCUT2D eigenvalue weighted by molar-refractivity contribution is 5.30. The van der Waals surface area contributed by atoms with E-state index in [1.807, 2.05) is 17.9 Å². The first-order chi connectivity index (χ1) is 6.14. The first-order valence-electron chi connectivity index (χ1n) is 5.17. The summed E-state index contributed by atoms with van der Waals surface area (Å²) in [5.74, 6) is 0. The number of aromatic nitrogens is 2. The highest BCUT2D eigenvalue weighted by Gasteiger charge is 2.28. The Balaban J connectivity index is 3.35. The molecule has 1 aromatic heterocycles. The molecule has 1 rings (SSSR count). The molecule has 0 spiro atoms. The monoisotopic (exact) mass is 194 g/mol. The van der Waals surface area contributed by atoms with Gasteiger partial charge in [-0.15, -0.1) is 0 Å². The molecule has 0 bridgehead atoms. The van der Waals surface area contributed by atoms with E-state index in [1.165, 1.54) is 11.3 Å². The molecule has 0 saturated carbocycles. The fourth-order valence-electron chi connectivity index (χ4n) is 1.88. The van der Waals surface area contributed by atoms with Crippen molar-refractivity contribution in [2.24, 2.45) is 7.05 Å².